The van der Waals surface area contributed by atoms with E-state index in [1.807, 2.05) is 17.4 Å². The van der Waals surface area contributed by atoms with E-state index in [2.05, 4.69) is 222 Å². The molecule has 0 amide bonds. The third kappa shape index (κ3) is 5.37. The van der Waals surface area contributed by atoms with Crippen molar-refractivity contribution in [2.24, 2.45) is 0 Å². The van der Waals surface area contributed by atoms with Crippen molar-refractivity contribution in [3.8, 4) is 27.9 Å². The van der Waals surface area contributed by atoms with E-state index in [1.54, 1.807) is 0 Å². The number of para-hydroxylation sites is 3. The molecule has 62 heavy (non-hydrogen) atoms. The maximum absolute atomic E-state index is 6.84. The van der Waals surface area contributed by atoms with Crippen molar-refractivity contribution in [2.75, 3.05) is 4.90 Å². The normalized spacial score (nSPS) is 11.9. The Morgan fingerprint density at radius 2 is 1.08 bits per heavy atom. The van der Waals surface area contributed by atoms with Crippen LogP contribution >= 0.6 is 11.3 Å². The summed E-state index contributed by atoms with van der Waals surface area (Å²) in [6, 6.07) is 79.2. The molecule has 0 fully saturated rings. The second-order valence-electron chi connectivity index (χ2n) is 16.1. The summed E-state index contributed by atoms with van der Waals surface area (Å²) in [7, 11) is 0. The summed E-state index contributed by atoms with van der Waals surface area (Å²) in [4.78, 5) is 2.44. The Balaban J connectivity index is 1.15. The Morgan fingerprint density at radius 3 is 1.89 bits per heavy atom. The standard InChI is InChI=1S/C58H36N2OS/c1-4-16-37(17-5-1)41-33-47(38-18-6-2-7-19-38)56-50(34-41)48-36-43(30-31-51(48)60(56)42-22-8-3-9-23-42)59(52-27-14-25-45-44-24-12-13-29-54(44)61-57(45)52)53-28-15-26-46-49-32-39-20-10-11-21-40(39)35-55(49)62-58(46)53/h1-36H. The lowest BCUT2D eigenvalue weighted by Gasteiger charge is -2.26. The molecule has 0 spiro atoms. The van der Waals surface area contributed by atoms with Gasteiger partial charge in [-0.15, -0.1) is 11.3 Å². The lowest BCUT2D eigenvalue weighted by Crippen LogP contribution is -2.10. The van der Waals surface area contributed by atoms with Crippen molar-refractivity contribution in [2.45, 2.75) is 0 Å². The summed E-state index contributed by atoms with van der Waals surface area (Å²) in [6.07, 6.45) is 0. The highest BCUT2D eigenvalue weighted by Gasteiger charge is 2.25. The zero-order valence-corrected chi connectivity index (χ0v) is 34.3. The molecule has 10 aromatic carbocycles. The second kappa shape index (κ2) is 13.8. The van der Waals surface area contributed by atoms with Gasteiger partial charge in [0, 0.05) is 54.0 Å². The first-order chi connectivity index (χ1) is 30.7. The number of nitrogens with zero attached hydrogens (tertiary/aromatic N) is 2. The number of fused-ring (bicyclic) bond motifs is 10. The Labute approximate surface area is 361 Å². The van der Waals surface area contributed by atoms with Crippen molar-refractivity contribution in [1.82, 2.24) is 4.57 Å². The minimum absolute atomic E-state index is 0.863. The molecular formula is C58H36N2OS. The molecule has 0 aliphatic carbocycles. The van der Waals surface area contributed by atoms with Crippen LogP contribution < -0.4 is 4.90 Å². The number of rotatable bonds is 6. The lowest BCUT2D eigenvalue weighted by atomic mass is 9.95. The first kappa shape index (κ1) is 34.9. The number of thiophene rings is 1. The fourth-order valence-corrected chi connectivity index (χ4v) is 11.0. The monoisotopic (exact) mass is 808 g/mol. The molecule has 0 saturated carbocycles. The number of hydrogen-bond donors (Lipinski definition) is 0. The number of anilines is 3. The highest BCUT2D eigenvalue weighted by molar-refractivity contribution is 7.26. The van der Waals surface area contributed by atoms with Gasteiger partial charge in [0.15, 0.2) is 5.58 Å². The van der Waals surface area contributed by atoms with Crippen LogP contribution in [-0.2, 0) is 0 Å². The van der Waals surface area contributed by atoms with Gasteiger partial charge in [-0.05, 0) is 100 Å². The fraction of sp³-hybridized carbons (Fsp3) is 0. The number of benzene rings is 10. The van der Waals surface area contributed by atoms with Gasteiger partial charge in [-0.25, -0.2) is 0 Å². The summed E-state index contributed by atoms with van der Waals surface area (Å²) in [5.41, 5.74) is 13.1. The van der Waals surface area contributed by atoms with Crippen molar-refractivity contribution < 1.29 is 4.42 Å². The molecule has 3 aromatic heterocycles. The van der Waals surface area contributed by atoms with E-state index in [0.717, 1.165) is 50.2 Å². The summed E-state index contributed by atoms with van der Waals surface area (Å²) < 4.78 is 11.8. The van der Waals surface area contributed by atoms with Crippen LogP contribution in [0.1, 0.15) is 0 Å². The molecule has 0 unspecified atom stereocenters. The van der Waals surface area contributed by atoms with Crippen LogP contribution in [-0.4, -0.2) is 4.57 Å². The molecule has 0 N–H and O–H groups in total. The zero-order chi connectivity index (χ0) is 40.7. The van der Waals surface area contributed by atoms with Crippen LogP contribution in [0.5, 0.6) is 0 Å². The van der Waals surface area contributed by atoms with E-state index >= 15 is 0 Å². The molecule has 0 aliphatic heterocycles. The quantitative estimate of drug-likeness (QED) is 0.167. The van der Waals surface area contributed by atoms with Crippen LogP contribution in [0, 0.1) is 0 Å². The zero-order valence-electron chi connectivity index (χ0n) is 33.5. The van der Waals surface area contributed by atoms with E-state index in [1.165, 1.54) is 69.5 Å². The van der Waals surface area contributed by atoms with Crippen LogP contribution in [0.15, 0.2) is 223 Å². The smallest absolute Gasteiger partial charge is 0.159 e. The lowest BCUT2D eigenvalue weighted by molar-refractivity contribution is 0.669. The summed E-state index contributed by atoms with van der Waals surface area (Å²) >= 11 is 1.86. The Morgan fingerprint density at radius 1 is 0.419 bits per heavy atom. The third-order valence-electron chi connectivity index (χ3n) is 12.5. The van der Waals surface area contributed by atoms with E-state index in [9.17, 15) is 0 Å². The van der Waals surface area contributed by atoms with Gasteiger partial charge >= 0.3 is 0 Å². The molecule has 290 valence electrons. The average Bonchev–Trinajstić information content (AvgIpc) is 4.01. The molecule has 3 heterocycles. The minimum atomic E-state index is 0.863. The van der Waals surface area contributed by atoms with E-state index in [0.29, 0.717) is 0 Å². The fourth-order valence-electron chi connectivity index (χ4n) is 9.72. The number of furan rings is 1. The van der Waals surface area contributed by atoms with Crippen molar-refractivity contribution in [3.05, 3.63) is 218 Å². The second-order valence-corrected chi connectivity index (χ2v) is 17.1. The van der Waals surface area contributed by atoms with Gasteiger partial charge in [0.05, 0.1) is 27.1 Å². The van der Waals surface area contributed by atoms with Crippen molar-refractivity contribution >= 4 is 103 Å². The van der Waals surface area contributed by atoms with Gasteiger partial charge in [0.25, 0.3) is 0 Å². The van der Waals surface area contributed by atoms with Gasteiger partial charge in [-0.1, -0.05) is 146 Å². The van der Waals surface area contributed by atoms with Gasteiger partial charge in [0.2, 0.25) is 0 Å². The third-order valence-corrected chi connectivity index (χ3v) is 13.7. The summed E-state index contributed by atoms with van der Waals surface area (Å²) in [5, 5.41) is 9.60. The highest BCUT2D eigenvalue weighted by Crippen LogP contribution is 2.50. The van der Waals surface area contributed by atoms with Gasteiger partial charge in [0.1, 0.15) is 5.58 Å². The molecule has 3 nitrogen and oxygen atoms in total. The molecule has 0 atom stereocenters. The molecule has 4 heteroatoms. The molecule has 0 aliphatic rings. The molecule has 0 saturated heterocycles. The van der Waals surface area contributed by atoms with E-state index in [4.69, 9.17) is 4.42 Å². The average molecular weight is 809 g/mol. The molecule has 0 radical (unpaired) electrons. The van der Waals surface area contributed by atoms with Gasteiger partial charge < -0.3 is 13.9 Å². The SMILES string of the molecule is c1ccc(-c2cc(-c3ccccc3)c3c(c2)c2cc(N(c4cccc5c4oc4ccccc45)c4cccc5c4sc4cc6ccccc6cc45)ccc2n3-c2ccccc2)cc1. The maximum atomic E-state index is 6.84. The molecular weight excluding hydrogens is 773 g/mol. The molecule has 0 bridgehead atoms. The number of aromatic nitrogens is 1. The predicted octanol–water partition coefficient (Wildman–Crippen LogP) is 17.0. The van der Waals surface area contributed by atoms with E-state index < -0.39 is 0 Å². The first-order valence-electron chi connectivity index (χ1n) is 21.1. The van der Waals surface area contributed by atoms with Crippen LogP contribution in [0.25, 0.3) is 103 Å². The summed E-state index contributed by atoms with van der Waals surface area (Å²) in [5.74, 6) is 0. The van der Waals surface area contributed by atoms with E-state index in [-0.39, 0.29) is 0 Å². The number of hydrogen-bond acceptors (Lipinski definition) is 3. The van der Waals surface area contributed by atoms with Crippen LogP contribution in [0.4, 0.5) is 17.1 Å². The van der Waals surface area contributed by atoms with Crippen LogP contribution in [0.3, 0.4) is 0 Å². The Kier molecular flexibility index (Phi) is 7.78. The maximum Gasteiger partial charge on any atom is 0.159 e. The highest BCUT2D eigenvalue weighted by atomic mass is 32.1. The predicted molar refractivity (Wildman–Crippen MR) is 264 cm³/mol. The largest absolute Gasteiger partial charge is 0.454 e. The Bertz CT molecular complexity index is 3860. The molecule has 13 aromatic rings. The van der Waals surface area contributed by atoms with Crippen molar-refractivity contribution in [1.29, 1.82) is 0 Å². The van der Waals surface area contributed by atoms with Crippen molar-refractivity contribution in [3.63, 3.8) is 0 Å². The van der Waals surface area contributed by atoms with Crippen LogP contribution in [0.2, 0.25) is 0 Å². The first-order valence-corrected chi connectivity index (χ1v) is 21.9. The molecule has 13 rings (SSSR count). The minimum Gasteiger partial charge on any atom is -0.454 e. The topological polar surface area (TPSA) is 21.3 Å². The Hall–Kier alpha value is -7.92. The van der Waals surface area contributed by atoms with Gasteiger partial charge in [-0.2, -0.15) is 0 Å². The van der Waals surface area contributed by atoms with Gasteiger partial charge in [-0.3, -0.25) is 0 Å². The summed E-state index contributed by atoms with van der Waals surface area (Å²) in [6.45, 7) is 0.